The van der Waals surface area contributed by atoms with E-state index in [-0.39, 0.29) is 6.10 Å². The van der Waals surface area contributed by atoms with E-state index in [0.717, 1.165) is 23.0 Å². The number of aromatic nitrogens is 2. The quantitative estimate of drug-likeness (QED) is 0.920. The molecule has 1 aliphatic rings. The van der Waals surface area contributed by atoms with E-state index in [1.165, 1.54) is 0 Å². The van der Waals surface area contributed by atoms with E-state index >= 15 is 0 Å². The molecule has 1 saturated heterocycles. The van der Waals surface area contributed by atoms with Crippen LogP contribution in [0.1, 0.15) is 19.2 Å². The standard InChI is InChI=1S/C15H18BrN3O2/c1-10-6-7-19(8-13(10)20)9-14-17-18-15(21-14)11-2-4-12(16)5-3-11/h2-5,10,13,20H,6-9H2,1H3. The highest BCUT2D eigenvalue weighted by atomic mass is 79.9. The largest absolute Gasteiger partial charge is 0.419 e. The lowest BCUT2D eigenvalue weighted by atomic mass is 9.96. The van der Waals surface area contributed by atoms with Gasteiger partial charge in [-0.15, -0.1) is 10.2 Å². The molecule has 1 fully saturated rings. The Bertz CT molecular complexity index is 599. The van der Waals surface area contributed by atoms with E-state index in [9.17, 15) is 5.11 Å². The van der Waals surface area contributed by atoms with Gasteiger partial charge in [0.2, 0.25) is 11.8 Å². The van der Waals surface area contributed by atoms with Gasteiger partial charge in [0.15, 0.2) is 0 Å². The number of likely N-dealkylation sites (tertiary alicyclic amines) is 1. The molecule has 6 heteroatoms. The first-order valence-corrected chi connectivity index (χ1v) is 7.90. The maximum atomic E-state index is 9.92. The highest BCUT2D eigenvalue weighted by Gasteiger charge is 2.25. The number of benzene rings is 1. The van der Waals surface area contributed by atoms with E-state index < -0.39 is 0 Å². The molecule has 2 aromatic rings. The minimum atomic E-state index is -0.271. The maximum absolute atomic E-state index is 9.92. The van der Waals surface area contributed by atoms with Crippen molar-refractivity contribution in [2.24, 2.45) is 5.92 Å². The summed E-state index contributed by atoms with van der Waals surface area (Å²) in [6, 6.07) is 7.77. The third-order valence-electron chi connectivity index (χ3n) is 3.92. The molecule has 0 aliphatic carbocycles. The molecule has 21 heavy (non-hydrogen) atoms. The van der Waals surface area contributed by atoms with Crippen LogP contribution in [-0.2, 0) is 6.54 Å². The number of piperidine rings is 1. The molecule has 0 saturated carbocycles. The van der Waals surface area contributed by atoms with Crippen LogP contribution in [0, 0.1) is 5.92 Å². The molecule has 2 unspecified atom stereocenters. The van der Waals surface area contributed by atoms with Gasteiger partial charge in [-0.05, 0) is 43.1 Å². The van der Waals surface area contributed by atoms with E-state index in [4.69, 9.17) is 4.42 Å². The van der Waals surface area contributed by atoms with Gasteiger partial charge in [0.25, 0.3) is 0 Å². The first-order chi connectivity index (χ1) is 10.1. The van der Waals surface area contributed by atoms with Crippen molar-refractivity contribution < 1.29 is 9.52 Å². The molecule has 0 radical (unpaired) electrons. The number of hydrogen-bond acceptors (Lipinski definition) is 5. The number of rotatable bonds is 3. The van der Waals surface area contributed by atoms with Crippen LogP contribution in [0.25, 0.3) is 11.5 Å². The minimum absolute atomic E-state index is 0.271. The van der Waals surface area contributed by atoms with Crippen molar-refractivity contribution in [1.82, 2.24) is 15.1 Å². The molecule has 1 N–H and O–H groups in total. The lowest BCUT2D eigenvalue weighted by Crippen LogP contribution is -2.42. The predicted molar refractivity (Wildman–Crippen MR) is 82.5 cm³/mol. The Morgan fingerprint density at radius 2 is 2.10 bits per heavy atom. The van der Waals surface area contributed by atoms with Gasteiger partial charge in [0.1, 0.15) is 0 Å². The summed E-state index contributed by atoms with van der Waals surface area (Å²) in [5.74, 6) is 1.49. The summed E-state index contributed by atoms with van der Waals surface area (Å²) >= 11 is 3.40. The minimum Gasteiger partial charge on any atom is -0.419 e. The van der Waals surface area contributed by atoms with Crippen molar-refractivity contribution in [3.8, 4) is 11.5 Å². The molecule has 2 atom stereocenters. The van der Waals surface area contributed by atoms with Crippen molar-refractivity contribution >= 4 is 15.9 Å². The normalized spacial score (nSPS) is 23.4. The second-order valence-corrected chi connectivity index (χ2v) is 6.49. The van der Waals surface area contributed by atoms with Crippen molar-refractivity contribution in [3.63, 3.8) is 0 Å². The molecule has 1 aliphatic heterocycles. The number of halogens is 1. The van der Waals surface area contributed by atoms with Crippen LogP contribution in [0.3, 0.4) is 0 Å². The third-order valence-corrected chi connectivity index (χ3v) is 4.45. The second-order valence-electron chi connectivity index (χ2n) is 5.58. The average molecular weight is 352 g/mol. The van der Waals surface area contributed by atoms with E-state index in [2.05, 4.69) is 38.0 Å². The van der Waals surface area contributed by atoms with Gasteiger partial charge in [-0.25, -0.2) is 0 Å². The topological polar surface area (TPSA) is 62.4 Å². The van der Waals surface area contributed by atoms with Gasteiger partial charge in [0, 0.05) is 16.6 Å². The Labute approximate surface area is 132 Å². The SMILES string of the molecule is CC1CCN(Cc2nnc(-c3ccc(Br)cc3)o2)CC1O. The Balaban J connectivity index is 1.66. The molecule has 1 aromatic carbocycles. The summed E-state index contributed by atoms with van der Waals surface area (Å²) in [6.07, 6.45) is 0.724. The Kier molecular flexibility index (Phi) is 4.37. The number of aliphatic hydroxyl groups excluding tert-OH is 1. The van der Waals surface area contributed by atoms with Crippen LogP contribution in [0.15, 0.2) is 33.2 Å². The van der Waals surface area contributed by atoms with Gasteiger partial charge >= 0.3 is 0 Å². The number of hydrogen-bond donors (Lipinski definition) is 1. The first-order valence-electron chi connectivity index (χ1n) is 7.10. The Morgan fingerprint density at radius 1 is 1.33 bits per heavy atom. The number of aliphatic hydroxyl groups is 1. The summed E-state index contributed by atoms with van der Waals surface area (Å²) in [4.78, 5) is 2.16. The van der Waals surface area contributed by atoms with Gasteiger partial charge in [-0.1, -0.05) is 22.9 Å². The van der Waals surface area contributed by atoms with Gasteiger partial charge < -0.3 is 9.52 Å². The predicted octanol–water partition coefficient (Wildman–Crippen LogP) is 2.70. The average Bonchev–Trinajstić information content (AvgIpc) is 2.92. The first kappa shape index (κ1) is 14.7. The van der Waals surface area contributed by atoms with Crippen LogP contribution in [0.2, 0.25) is 0 Å². The molecule has 0 amide bonds. The summed E-state index contributed by atoms with van der Waals surface area (Å²) in [5, 5.41) is 18.1. The van der Waals surface area contributed by atoms with Gasteiger partial charge in [0.05, 0.1) is 12.6 Å². The zero-order valence-corrected chi connectivity index (χ0v) is 13.5. The molecule has 2 heterocycles. The third kappa shape index (κ3) is 3.51. The van der Waals surface area contributed by atoms with Crippen molar-refractivity contribution in [3.05, 3.63) is 34.6 Å². The van der Waals surface area contributed by atoms with E-state index in [1.54, 1.807) is 0 Å². The molecular weight excluding hydrogens is 334 g/mol. The molecule has 3 rings (SSSR count). The van der Waals surface area contributed by atoms with Gasteiger partial charge in [-0.2, -0.15) is 0 Å². The van der Waals surface area contributed by atoms with Crippen LogP contribution in [0.4, 0.5) is 0 Å². The smallest absolute Gasteiger partial charge is 0.247 e. The summed E-state index contributed by atoms with van der Waals surface area (Å²) in [7, 11) is 0. The van der Waals surface area contributed by atoms with Crippen LogP contribution >= 0.6 is 15.9 Å². The fourth-order valence-corrected chi connectivity index (χ4v) is 2.74. The fourth-order valence-electron chi connectivity index (χ4n) is 2.48. The highest BCUT2D eigenvalue weighted by Crippen LogP contribution is 2.22. The van der Waals surface area contributed by atoms with Gasteiger partial charge in [-0.3, -0.25) is 4.90 Å². The Morgan fingerprint density at radius 3 is 2.81 bits per heavy atom. The highest BCUT2D eigenvalue weighted by molar-refractivity contribution is 9.10. The molecule has 5 nitrogen and oxygen atoms in total. The number of β-amino-alcohol motifs (C(OH)–C–C–N with tert-alkyl or cyclic N) is 1. The Hall–Kier alpha value is -1.24. The molecular formula is C15H18BrN3O2. The summed E-state index contributed by atoms with van der Waals surface area (Å²) < 4.78 is 6.73. The van der Waals surface area contributed by atoms with E-state index in [1.807, 2.05) is 24.3 Å². The molecule has 0 spiro atoms. The molecule has 0 bridgehead atoms. The monoisotopic (exact) mass is 351 g/mol. The second kappa shape index (κ2) is 6.25. The number of nitrogens with zero attached hydrogens (tertiary/aromatic N) is 3. The van der Waals surface area contributed by atoms with Crippen LogP contribution in [0.5, 0.6) is 0 Å². The lowest BCUT2D eigenvalue weighted by molar-refractivity contribution is 0.0228. The maximum Gasteiger partial charge on any atom is 0.247 e. The lowest BCUT2D eigenvalue weighted by Gasteiger charge is -2.33. The zero-order chi connectivity index (χ0) is 14.8. The summed E-state index contributed by atoms with van der Waals surface area (Å²) in [6.45, 7) is 4.29. The molecule has 112 valence electrons. The van der Waals surface area contributed by atoms with Crippen molar-refractivity contribution in [2.45, 2.75) is 26.0 Å². The summed E-state index contributed by atoms with van der Waals surface area (Å²) in [5.41, 5.74) is 0.907. The van der Waals surface area contributed by atoms with Crippen LogP contribution in [-0.4, -0.2) is 39.4 Å². The van der Waals surface area contributed by atoms with Crippen LogP contribution < -0.4 is 0 Å². The van der Waals surface area contributed by atoms with Crippen molar-refractivity contribution in [1.29, 1.82) is 0 Å². The van der Waals surface area contributed by atoms with Crippen molar-refractivity contribution in [2.75, 3.05) is 13.1 Å². The fraction of sp³-hybridized carbons (Fsp3) is 0.467. The van der Waals surface area contributed by atoms with E-state index in [0.29, 0.717) is 30.8 Å². The molecule has 1 aromatic heterocycles. The zero-order valence-electron chi connectivity index (χ0n) is 11.9.